The molecular formula is C10H20O. The molecule has 1 fully saturated rings. The van der Waals surface area contributed by atoms with Gasteiger partial charge in [0.15, 0.2) is 0 Å². The zero-order valence-corrected chi connectivity index (χ0v) is 7.97. The average molecular weight is 156 g/mol. The van der Waals surface area contributed by atoms with Crippen molar-refractivity contribution in [3.05, 3.63) is 0 Å². The molecule has 2 unspecified atom stereocenters. The Kier molecular flexibility index (Phi) is 3.38. The van der Waals surface area contributed by atoms with E-state index in [-0.39, 0.29) is 0 Å². The van der Waals surface area contributed by atoms with Crippen LogP contribution in [0, 0.1) is 5.92 Å². The zero-order valence-electron chi connectivity index (χ0n) is 7.97. The highest BCUT2D eigenvalue weighted by atomic mass is 16.6. The Morgan fingerprint density at radius 1 is 1.27 bits per heavy atom. The van der Waals surface area contributed by atoms with E-state index >= 15 is 0 Å². The van der Waals surface area contributed by atoms with Gasteiger partial charge in [-0.3, -0.25) is 0 Å². The molecule has 1 nitrogen and oxygen atoms in total. The summed E-state index contributed by atoms with van der Waals surface area (Å²) >= 11 is 0. The second-order valence-electron chi connectivity index (χ2n) is 4.06. The average Bonchev–Trinajstić information content (AvgIpc) is 2.59. The van der Waals surface area contributed by atoms with Crippen LogP contribution in [-0.2, 0) is 4.74 Å². The summed E-state index contributed by atoms with van der Waals surface area (Å²) in [6.07, 6.45) is 6.57. The van der Waals surface area contributed by atoms with Gasteiger partial charge in [0.25, 0.3) is 0 Å². The third-order valence-electron chi connectivity index (χ3n) is 2.36. The van der Waals surface area contributed by atoms with Crippen molar-refractivity contribution in [3.8, 4) is 0 Å². The monoisotopic (exact) mass is 156 g/mol. The largest absolute Gasteiger partial charge is 0.370 e. The molecule has 1 aliphatic heterocycles. The Hall–Kier alpha value is -0.0400. The topological polar surface area (TPSA) is 12.5 Å². The molecule has 0 saturated carbocycles. The van der Waals surface area contributed by atoms with Gasteiger partial charge < -0.3 is 4.74 Å². The molecule has 11 heavy (non-hydrogen) atoms. The Balaban J connectivity index is 1.81. The van der Waals surface area contributed by atoms with E-state index in [1.54, 1.807) is 0 Å². The number of hydrogen-bond acceptors (Lipinski definition) is 1. The quantitative estimate of drug-likeness (QED) is 0.440. The maximum Gasteiger partial charge on any atom is 0.0839 e. The molecule has 1 heterocycles. The second-order valence-corrected chi connectivity index (χ2v) is 4.06. The van der Waals surface area contributed by atoms with E-state index in [1.165, 1.54) is 25.7 Å². The molecule has 0 aliphatic carbocycles. The van der Waals surface area contributed by atoms with E-state index in [4.69, 9.17) is 4.74 Å². The first-order valence-corrected chi connectivity index (χ1v) is 4.85. The fourth-order valence-electron chi connectivity index (χ4n) is 1.43. The van der Waals surface area contributed by atoms with Gasteiger partial charge in [-0.25, -0.2) is 0 Å². The van der Waals surface area contributed by atoms with Crippen LogP contribution in [0.25, 0.3) is 0 Å². The van der Waals surface area contributed by atoms with E-state index in [1.807, 2.05) is 0 Å². The van der Waals surface area contributed by atoms with Gasteiger partial charge in [0, 0.05) is 0 Å². The third-order valence-corrected chi connectivity index (χ3v) is 2.36. The van der Waals surface area contributed by atoms with Crippen LogP contribution in [0.15, 0.2) is 0 Å². The van der Waals surface area contributed by atoms with Crippen molar-refractivity contribution >= 4 is 0 Å². The molecule has 0 aromatic heterocycles. The first kappa shape index (κ1) is 9.05. The van der Waals surface area contributed by atoms with Gasteiger partial charge >= 0.3 is 0 Å². The normalized spacial score (nSPS) is 29.5. The Bertz CT molecular complexity index is 109. The SMILES string of the molecule is CC(C)CCCCC1OC1C. The molecule has 1 rings (SSSR count). The van der Waals surface area contributed by atoms with Crippen LogP contribution in [0.1, 0.15) is 46.5 Å². The number of ether oxygens (including phenoxy) is 1. The molecule has 0 aromatic rings. The highest BCUT2D eigenvalue weighted by Crippen LogP contribution is 2.26. The van der Waals surface area contributed by atoms with Crippen molar-refractivity contribution in [1.82, 2.24) is 0 Å². The summed E-state index contributed by atoms with van der Waals surface area (Å²) in [5, 5.41) is 0. The van der Waals surface area contributed by atoms with Crippen molar-refractivity contribution < 1.29 is 4.74 Å². The fraction of sp³-hybridized carbons (Fsp3) is 1.00. The van der Waals surface area contributed by atoms with Crippen LogP contribution < -0.4 is 0 Å². The predicted molar refractivity (Wildman–Crippen MR) is 47.6 cm³/mol. The summed E-state index contributed by atoms with van der Waals surface area (Å²) in [7, 11) is 0. The van der Waals surface area contributed by atoms with Crippen LogP contribution in [0.2, 0.25) is 0 Å². The van der Waals surface area contributed by atoms with E-state index < -0.39 is 0 Å². The van der Waals surface area contributed by atoms with Gasteiger partial charge in [0.05, 0.1) is 12.2 Å². The lowest BCUT2D eigenvalue weighted by Crippen LogP contribution is -1.91. The molecule has 1 aliphatic rings. The minimum absolute atomic E-state index is 0.564. The summed E-state index contributed by atoms with van der Waals surface area (Å²) in [5.74, 6) is 0.868. The van der Waals surface area contributed by atoms with Crippen LogP contribution in [-0.4, -0.2) is 12.2 Å². The van der Waals surface area contributed by atoms with Crippen LogP contribution in [0.5, 0.6) is 0 Å². The molecule has 0 spiro atoms. The summed E-state index contributed by atoms with van der Waals surface area (Å²) in [6, 6.07) is 0. The van der Waals surface area contributed by atoms with E-state index in [9.17, 15) is 0 Å². The van der Waals surface area contributed by atoms with Crippen molar-refractivity contribution in [3.63, 3.8) is 0 Å². The molecule has 0 N–H and O–H groups in total. The number of epoxide rings is 1. The number of unbranched alkanes of at least 4 members (excludes halogenated alkanes) is 1. The molecule has 66 valence electrons. The maximum atomic E-state index is 5.32. The smallest absolute Gasteiger partial charge is 0.0839 e. The fourth-order valence-corrected chi connectivity index (χ4v) is 1.43. The van der Waals surface area contributed by atoms with Crippen LogP contribution >= 0.6 is 0 Å². The van der Waals surface area contributed by atoms with Gasteiger partial charge in [-0.1, -0.05) is 33.1 Å². The minimum Gasteiger partial charge on any atom is -0.370 e. The number of hydrogen-bond donors (Lipinski definition) is 0. The second kappa shape index (κ2) is 4.10. The minimum atomic E-state index is 0.564. The molecule has 1 heteroatoms. The highest BCUT2D eigenvalue weighted by Gasteiger charge is 2.32. The molecular weight excluding hydrogens is 136 g/mol. The van der Waals surface area contributed by atoms with Crippen LogP contribution in [0.4, 0.5) is 0 Å². The maximum absolute atomic E-state index is 5.32. The first-order chi connectivity index (χ1) is 5.20. The predicted octanol–water partition coefficient (Wildman–Crippen LogP) is 2.99. The molecule has 0 aromatic carbocycles. The molecule has 0 amide bonds. The van der Waals surface area contributed by atoms with Gasteiger partial charge in [-0.2, -0.15) is 0 Å². The summed E-state index contributed by atoms with van der Waals surface area (Å²) < 4.78 is 5.32. The Morgan fingerprint density at radius 2 is 1.91 bits per heavy atom. The van der Waals surface area contributed by atoms with Gasteiger partial charge in [0.1, 0.15) is 0 Å². The Labute approximate surface area is 70.1 Å². The summed E-state index contributed by atoms with van der Waals surface area (Å²) in [6.45, 7) is 6.74. The van der Waals surface area contributed by atoms with Gasteiger partial charge in [-0.15, -0.1) is 0 Å². The standard InChI is InChI=1S/C10H20O/c1-8(2)6-4-5-7-10-9(3)11-10/h8-10H,4-7H2,1-3H3. The van der Waals surface area contributed by atoms with Gasteiger partial charge in [0.2, 0.25) is 0 Å². The molecule has 1 saturated heterocycles. The third kappa shape index (κ3) is 3.76. The van der Waals surface area contributed by atoms with Crippen molar-refractivity contribution in [1.29, 1.82) is 0 Å². The van der Waals surface area contributed by atoms with Crippen molar-refractivity contribution in [2.75, 3.05) is 0 Å². The molecule has 0 bridgehead atoms. The lowest BCUT2D eigenvalue weighted by Gasteiger charge is -2.02. The number of rotatable bonds is 5. The Morgan fingerprint density at radius 3 is 2.36 bits per heavy atom. The van der Waals surface area contributed by atoms with Crippen molar-refractivity contribution in [2.45, 2.75) is 58.7 Å². The molecule has 2 atom stereocenters. The molecule has 0 radical (unpaired) electrons. The highest BCUT2D eigenvalue weighted by molar-refractivity contribution is 4.79. The van der Waals surface area contributed by atoms with Crippen LogP contribution in [0.3, 0.4) is 0 Å². The first-order valence-electron chi connectivity index (χ1n) is 4.85. The van der Waals surface area contributed by atoms with Crippen molar-refractivity contribution in [2.24, 2.45) is 5.92 Å². The zero-order chi connectivity index (χ0) is 8.27. The van der Waals surface area contributed by atoms with E-state index in [0.717, 1.165) is 5.92 Å². The summed E-state index contributed by atoms with van der Waals surface area (Å²) in [5.41, 5.74) is 0. The van der Waals surface area contributed by atoms with E-state index in [2.05, 4.69) is 20.8 Å². The summed E-state index contributed by atoms with van der Waals surface area (Å²) in [4.78, 5) is 0. The van der Waals surface area contributed by atoms with Gasteiger partial charge in [-0.05, 0) is 19.3 Å². The lowest BCUT2D eigenvalue weighted by molar-refractivity contribution is 0.363. The van der Waals surface area contributed by atoms with E-state index in [0.29, 0.717) is 12.2 Å². The lowest BCUT2D eigenvalue weighted by atomic mass is 10.0.